The van der Waals surface area contributed by atoms with E-state index in [0.29, 0.717) is 43.2 Å². The second kappa shape index (κ2) is 9.28. The van der Waals surface area contributed by atoms with Crippen LogP contribution in [0.5, 0.6) is 5.75 Å². The van der Waals surface area contributed by atoms with Crippen molar-refractivity contribution in [2.75, 3.05) is 30.9 Å². The molecule has 0 spiro atoms. The number of hydrogen-bond acceptors (Lipinski definition) is 4. The maximum absolute atomic E-state index is 12.7. The predicted octanol–water partition coefficient (Wildman–Crippen LogP) is 3.43. The Hall–Kier alpha value is -2.58. The van der Waals surface area contributed by atoms with Crippen LogP contribution in [-0.2, 0) is 10.2 Å². The van der Waals surface area contributed by atoms with Gasteiger partial charge in [0.1, 0.15) is 11.9 Å². The van der Waals surface area contributed by atoms with Crippen molar-refractivity contribution in [1.82, 2.24) is 9.21 Å². The molecule has 7 nitrogen and oxygen atoms in total. The monoisotopic (exact) mass is 443 g/mol. The van der Waals surface area contributed by atoms with Gasteiger partial charge < -0.3 is 9.64 Å². The highest BCUT2D eigenvalue weighted by atomic mass is 32.2. The molecule has 0 unspecified atom stereocenters. The van der Waals surface area contributed by atoms with E-state index in [0.717, 1.165) is 31.2 Å². The summed E-state index contributed by atoms with van der Waals surface area (Å²) in [4.78, 5) is 14.6. The summed E-state index contributed by atoms with van der Waals surface area (Å²) in [5.41, 5.74) is 2.23. The first-order valence-corrected chi connectivity index (χ1v) is 12.3. The number of nitrogens with one attached hydrogen (secondary N) is 1. The van der Waals surface area contributed by atoms with E-state index in [4.69, 9.17) is 4.74 Å². The zero-order valence-corrected chi connectivity index (χ0v) is 18.6. The van der Waals surface area contributed by atoms with Gasteiger partial charge in [0.15, 0.2) is 0 Å². The van der Waals surface area contributed by atoms with Gasteiger partial charge in [0, 0.05) is 37.7 Å². The van der Waals surface area contributed by atoms with E-state index < -0.39 is 10.2 Å². The van der Waals surface area contributed by atoms with Gasteiger partial charge in [-0.2, -0.15) is 12.7 Å². The molecule has 2 aromatic rings. The number of rotatable bonds is 6. The summed E-state index contributed by atoms with van der Waals surface area (Å²) in [5, 5.41) is 0. The second-order valence-electron chi connectivity index (χ2n) is 8.24. The Bertz CT molecular complexity index is 1030. The number of benzene rings is 2. The Labute approximate surface area is 184 Å². The van der Waals surface area contributed by atoms with Crippen LogP contribution < -0.4 is 9.46 Å². The van der Waals surface area contributed by atoms with Gasteiger partial charge in [-0.25, -0.2) is 0 Å². The van der Waals surface area contributed by atoms with Crippen molar-refractivity contribution in [3.8, 4) is 5.75 Å². The third-order valence-corrected chi connectivity index (χ3v) is 7.27. The zero-order valence-electron chi connectivity index (χ0n) is 17.8. The topological polar surface area (TPSA) is 79.0 Å². The molecule has 0 radical (unpaired) electrons. The van der Waals surface area contributed by atoms with Gasteiger partial charge in [-0.05, 0) is 44.0 Å². The molecule has 2 aromatic carbocycles. The minimum atomic E-state index is -3.56. The molecule has 1 N–H and O–H groups in total. The molecule has 166 valence electrons. The van der Waals surface area contributed by atoms with Crippen molar-refractivity contribution in [3.63, 3.8) is 0 Å². The highest BCUT2D eigenvalue weighted by Gasteiger charge is 2.29. The second-order valence-corrected chi connectivity index (χ2v) is 9.91. The normalized spacial score (nSPS) is 19.9. The minimum absolute atomic E-state index is 0.0119. The SMILES string of the molecule is Cc1cccc(C(=O)N2CC[C@@H](Oc3cccc(NS(=O)(=O)N4CCCCC4)c3)C2)c1. The van der Waals surface area contributed by atoms with Crippen LogP contribution in [0.25, 0.3) is 0 Å². The summed E-state index contributed by atoms with van der Waals surface area (Å²) in [6, 6.07) is 14.6. The molecule has 2 aliphatic rings. The number of ether oxygens (including phenoxy) is 1. The smallest absolute Gasteiger partial charge is 0.301 e. The average molecular weight is 444 g/mol. The first-order valence-electron chi connectivity index (χ1n) is 10.8. The van der Waals surface area contributed by atoms with E-state index in [-0.39, 0.29) is 12.0 Å². The van der Waals surface area contributed by atoms with Crippen LogP contribution in [0.1, 0.15) is 41.6 Å². The number of aryl methyl sites for hydroxylation is 1. The molecular weight excluding hydrogens is 414 g/mol. The molecule has 2 heterocycles. The standard InChI is InChI=1S/C23H29N3O4S/c1-18-7-5-8-19(15-18)23(27)25-14-11-22(17-25)30-21-10-6-9-20(16-21)24-31(28,29)26-12-3-2-4-13-26/h5-10,15-16,22,24H,2-4,11-14,17H2,1H3/t22-/m1/s1. The Morgan fingerprint density at radius 1 is 1.03 bits per heavy atom. The summed E-state index contributed by atoms with van der Waals surface area (Å²) < 4.78 is 35.5. The third-order valence-electron chi connectivity index (χ3n) is 5.74. The highest BCUT2D eigenvalue weighted by molar-refractivity contribution is 7.90. The van der Waals surface area contributed by atoms with Gasteiger partial charge in [0.05, 0.1) is 12.2 Å². The van der Waals surface area contributed by atoms with Crippen LogP contribution in [-0.4, -0.2) is 55.8 Å². The lowest BCUT2D eigenvalue weighted by atomic mass is 10.1. The van der Waals surface area contributed by atoms with Crippen LogP contribution in [0.15, 0.2) is 48.5 Å². The third kappa shape index (κ3) is 5.37. The van der Waals surface area contributed by atoms with E-state index in [2.05, 4.69) is 4.72 Å². The van der Waals surface area contributed by atoms with Crippen molar-refractivity contribution >= 4 is 21.8 Å². The quantitative estimate of drug-likeness (QED) is 0.742. The molecule has 2 aliphatic heterocycles. The van der Waals surface area contributed by atoms with Gasteiger partial charge in [-0.15, -0.1) is 0 Å². The van der Waals surface area contributed by atoms with Crippen molar-refractivity contribution in [3.05, 3.63) is 59.7 Å². The lowest BCUT2D eigenvalue weighted by Gasteiger charge is -2.26. The highest BCUT2D eigenvalue weighted by Crippen LogP contribution is 2.24. The van der Waals surface area contributed by atoms with E-state index in [1.54, 1.807) is 18.2 Å². The van der Waals surface area contributed by atoms with Crippen LogP contribution in [0.4, 0.5) is 5.69 Å². The van der Waals surface area contributed by atoms with Crippen LogP contribution in [0.2, 0.25) is 0 Å². The molecule has 4 rings (SSSR count). The number of nitrogens with zero attached hydrogens (tertiary/aromatic N) is 2. The summed E-state index contributed by atoms with van der Waals surface area (Å²) in [6.07, 6.45) is 3.47. The van der Waals surface area contributed by atoms with E-state index in [1.807, 2.05) is 42.2 Å². The van der Waals surface area contributed by atoms with Crippen molar-refractivity contribution in [1.29, 1.82) is 0 Å². The molecule has 1 amide bonds. The summed E-state index contributed by atoms with van der Waals surface area (Å²) in [5.74, 6) is 0.603. The van der Waals surface area contributed by atoms with Gasteiger partial charge >= 0.3 is 10.2 Å². The zero-order chi connectivity index (χ0) is 21.8. The molecule has 0 bridgehead atoms. The number of hydrogen-bond donors (Lipinski definition) is 1. The van der Waals surface area contributed by atoms with Gasteiger partial charge in [-0.1, -0.05) is 30.2 Å². The fourth-order valence-corrected chi connectivity index (χ4v) is 5.41. The first kappa shape index (κ1) is 21.6. The number of amides is 1. The number of piperidine rings is 1. The van der Waals surface area contributed by atoms with E-state index in [1.165, 1.54) is 4.31 Å². The minimum Gasteiger partial charge on any atom is -0.488 e. The fraction of sp³-hybridized carbons (Fsp3) is 0.435. The Morgan fingerprint density at radius 2 is 1.81 bits per heavy atom. The van der Waals surface area contributed by atoms with Gasteiger partial charge in [0.25, 0.3) is 5.91 Å². The first-order chi connectivity index (χ1) is 14.9. The Kier molecular flexibility index (Phi) is 6.48. The number of likely N-dealkylation sites (tertiary alicyclic amines) is 1. The maximum atomic E-state index is 12.7. The molecule has 31 heavy (non-hydrogen) atoms. The molecule has 2 fully saturated rings. The van der Waals surface area contributed by atoms with Gasteiger partial charge in [-0.3, -0.25) is 9.52 Å². The largest absolute Gasteiger partial charge is 0.488 e. The van der Waals surface area contributed by atoms with Crippen LogP contribution in [0.3, 0.4) is 0 Å². The van der Waals surface area contributed by atoms with Gasteiger partial charge in [0.2, 0.25) is 0 Å². The molecule has 0 aromatic heterocycles. The van der Waals surface area contributed by atoms with Crippen LogP contribution in [0, 0.1) is 6.92 Å². The van der Waals surface area contributed by atoms with Crippen molar-refractivity contribution in [2.45, 2.75) is 38.7 Å². The summed E-state index contributed by atoms with van der Waals surface area (Å²) >= 11 is 0. The van der Waals surface area contributed by atoms with E-state index >= 15 is 0 Å². The lowest BCUT2D eigenvalue weighted by Crippen LogP contribution is -2.39. The summed E-state index contributed by atoms with van der Waals surface area (Å²) in [6.45, 7) is 4.23. The van der Waals surface area contributed by atoms with Crippen molar-refractivity contribution in [2.24, 2.45) is 0 Å². The Morgan fingerprint density at radius 3 is 2.58 bits per heavy atom. The Balaban J connectivity index is 1.36. The average Bonchev–Trinajstić information content (AvgIpc) is 3.22. The number of carbonyl (C=O) groups is 1. The molecule has 8 heteroatoms. The maximum Gasteiger partial charge on any atom is 0.301 e. The predicted molar refractivity (Wildman–Crippen MR) is 121 cm³/mol. The van der Waals surface area contributed by atoms with Crippen LogP contribution >= 0.6 is 0 Å². The summed E-state index contributed by atoms with van der Waals surface area (Å²) in [7, 11) is -3.56. The molecular formula is C23H29N3O4S. The number of carbonyl (C=O) groups excluding carboxylic acids is 1. The number of anilines is 1. The lowest BCUT2D eigenvalue weighted by molar-refractivity contribution is 0.0772. The van der Waals surface area contributed by atoms with E-state index in [9.17, 15) is 13.2 Å². The molecule has 0 aliphatic carbocycles. The van der Waals surface area contributed by atoms with Crippen molar-refractivity contribution < 1.29 is 17.9 Å². The molecule has 2 saturated heterocycles. The molecule has 1 atom stereocenters. The fourth-order valence-electron chi connectivity index (χ4n) is 4.11. The molecule has 0 saturated carbocycles.